The molecule has 19 heavy (non-hydrogen) atoms. The SMILES string of the molecule is Oc1cc(CNCc2ccco2)cc(C(F)(F)F)c1. The van der Waals surface area contributed by atoms with Crippen molar-refractivity contribution in [3.63, 3.8) is 0 Å². The summed E-state index contributed by atoms with van der Waals surface area (Å²) >= 11 is 0. The van der Waals surface area contributed by atoms with Gasteiger partial charge in [0.15, 0.2) is 0 Å². The average Bonchev–Trinajstić information content (AvgIpc) is 2.80. The molecular weight excluding hydrogens is 259 g/mol. The quantitative estimate of drug-likeness (QED) is 0.896. The summed E-state index contributed by atoms with van der Waals surface area (Å²) in [5.41, 5.74) is -0.499. The van der Waals surface area contributed by atoms with E-state index in [-0.39, 0.29) is 6.54 Å². The summed E-state index contributed by atoms with van der Waals surface area (Å²) < 4.78 is 42.7. The van der Waals surface area contributed by atoms with Crippen molar-refractivity contribution < 1.29 is 22.7 Å². The highest BCUT2D eigenvalue weighted by molar-refractivity contribution is 5.35. The maximum absolute atomic E-state index is 12.5. The van der Waals surface area contributed by atoms with Gasteiger partial charge >= 0.3 is 6.18 Å². The lowest BCUT2D eigenvalue weighted by atomic mass is 10.1. The predicted molar refractivity (Wildman–Crippen MR) is 62.4 cm³/mol. The van der Waals surface area contributed by atoms with Crippen molar-refractivity contribution in [2.24, 2.45) is 0 Å². The first-order valence-electron chi connectivity index (χ1n) is 5.58. The van der Waals surface area contributed by atoms with Crippen molar-refractivity contribution in [3.05, 3.63) is 53.5 Å². The number of nitrogens with one attached hydrogen (secondary N) is 1. The van der Waals surface area contributed by atoms with E-state index in [4.69, 9.17) is 4.42 Å². The van der Waals surface area contributed by atoms with Gasteiger partial charge in [0.25, 0.3) is 0 Å². The smallest absolute Gasteiger partial charge is 0.416 e. The number of furan rings is 1. The molecule has 0 atom stereocenters. The van der Waals surface area contributed by atoms with Crippen molar-refractivity contribution in [1.29, 1.82) is 0 Å². The third kappa shape index (κ3) is 3.75. The molecule has 0 radical (unpaired) electrons. The van der Waals surface area contributed by atoms with Gasteiger partial charge in [0.2, 0.25) is 0 Å². The summed E-state index contributed by atoms with van der Waals surface area (Å²) in [7, 11) is 0. The number of hydrogen-bond acceptors (Lipinski definition) is 3. The average molecular weight is 271 g/mol. The van der Waals surface area contributed by atoms with Crippen molar-refractivity contribution in [2.45, 2.75) is 19.3 Å². The van der Waals surface area contributed by atoms with Crippen LogP contribution >= 0.6 is 0 Å². The molecule has 2 rings (SSSR count). The third-order valence-corrected chi connectivity index (χ3v) is 2.51. The van der Waals surface area contributed by atoms with Crippen molar-refractivity contribution in [2.75, 3.05) is 0 Å². The fourth-order valence-electron chi connectivity index (χ4n) is 1.68. The van der Waals surface area contributed by atoms with Crippen LogP contribution in [0.4, 0.5) is 13.2 Å². The molecule has 0 bridgehead atoms. The second-order valence-corrected chi connectivity index (χ2v) is 4.07. The molecule has 6 heteroatoms. The van der Waals surface area contributed by atoms with Gasteiger partial charge in [-0.15, -0.1) is 0 Å². The Labute approximate surface area is 107 Å². The van der Waals surface area contributed by atoms with Crippen LogP contribution in [-0.4, -0.2) is 5.11 Å². The van der Waals surface area contributed by atoms with Gasteiger partial charge in [0.1, 0.15) is 11.5 Å². The van der Waals surface area contributed by atoms with Gasteiger partial charge in [0.05, 0.1) is 18.4 Å². The van der Waals surface area contributed by atoms with Crippen LogP contribution in [0.2, 0.25) is 0 Å². The fourth-order valence-corrected chi connectivity index (χ4v) is 1.68. The normalized spacial score (nSPS) is 11.7. The summed E-state index contributed by atoms with van der Waals surface area (Å²) in [6.45, 7) is 0.613. The van der Waals surface area contributed by atoms with Crippen LogP contribution in [0.3, 0.4) is 0 Å². The van der Waals surface area contributed by atoms with Gasteiger partial charge in [0, 0.05) is 6.54 Å². The predicted octanol–water partition coefficient (Wildman–Crippen LogP) is 3.29. The number of alkyl halides is 3. The van der Waals surface area contributed by atoms with Gasteiger partial charge in [-0.05, 0) is 35.9 Å². The van der Waals surface area contributed by atoms with Gasteiger partial charge in [-0.1, -0.05) is 0 Å². The van der Waals surface area contributed by atoms with E-state index in [1.165, 1.54) is 12.3 Å². The zero-order valence-electron chi connectivity index (χ0n) is 9.87. The highest BCUT2D eigenvalue weighted by Gasteiger charge is 2.31. The molecule has 102 valence electrons. The molecule has 0 aliphatic heterocycles. The van der Waals surface area contributed by atoms with E-state index in [9.17, 15) is 18.3 Å². The van der Waals surface area contributed by atoms with Gasteiger partial charge in [-0.3, -0.25) is 0 Å². The molecular formula is C13H12F3NO2. The number of halogens is 3. The Hall–Kier alpha value is -1.95. The zero-order chi connectivity index (χ0) is 13.9. The molecule has 0 unspecified atom stereocenters. The van der Waals surface area contributed by atoms with Crippen molar-refractivity contribution >= 4 is 0 Å². The van der Waals surface area contributed by atoms with Gasteiger partial charge in [-0.25, -0.2) is 0 Å². The van der Waals surface area contributed by atoms with E-state index in [0.717, 1.165) is 6.07 Å². The van der Waals surface area contributed by atoms with Crippen LogP contribution in [0.15, 0.2) is 41.0 Å². The molecule has 0 aliphatic carbocycles. The minimum atomic E-state index is -4.46. The lowest BCUT2D eigenvalue weighted by Gasteiger charge is -2.10. The minimum Gasteiger partial charge on any atom is -0.508 e. The van der Waals surface area contributed by atoms with E-state index in [1.54, 1.807) is 12.1 Å². The number of benzene rings is 1. The van der Waals surface area contributed by atoms with Crippen LogP contribution < -0.4 is 5.32 Å². The molecule has 0 saturated heterocycles. The first kappa shape index (κ1) is 13.5. The van der Waals surface area contributed by atoms with Crippen LogP contribution in [0.1, 0.15) is 16.9 Å². The summed E-state index contributed by atoms with van der Waals surface area (Å²) in [6, 6.07) is 6.50. The Morgan fingerprint density at radius 1 is 1.16 bits per heavy atom. The van der Waals surface area contributed by atoms with E-state index >= 15 is 0 Å². The standard InChI is InChI=1S/C13H12F3NO2/c14-13(15,16)10-4-9(5-11(18)6-10)7-17-8-12-2-1-3-19-12/h1-6,17-18H,7-8H2. The minimum absolute atomic E-state index is 0.207. The molecule has 3 nitrogen and oxygen atoms in total. The van der Waals surface area contributed by atoms with Gasteiger partial charge < -0.3 is 14.8 Å². The first-order chi connectivity index (χ1) is 8.95. The molecule has 0 amide bonds. The maximum Gasteiger partial charge on any atom is 0.416 e. The largest absolute Gasteiger partial charge is 0.508 e. The Morgan fingerprint density at radius 3 is 2.58 bits per heavy atom. The second-order valence-electron chi connectivity index (χ2n) is 4.07. The topological polar surface area (TPSA) is 45.4 Å². The first-order valence-corrected chi connectivity index (χ1v) is 5.58. The molecule has 2 aromatic rings. The highest BCUT2D eigenvalue weighted by atomic mass is 19.4. The van der Waals surface area contributed by atoms with Crippen LogP contribution in [-0.2, 0) is 19.3 Å². The number of phenols is 1. The highest BCUT2D eigenvalue weighted by Crippen LogP contribution is 2.32. The molecule has 0 fully saturated rings. The third-order valence-electron chi connectivity index (χ3n) is 2.51. The van der Waals surface area contributed by atoms with E-state index < -0.39 is 17.5 Å². The van der Waals surface area contributed by atoms with E-state index in [0.29, 0.717) is 23.9 Å². The Bertz CT molecular complexity index is 535. The molecule has 0 saturated carbocycles. The zero-order valence-corrected chi connectivity index (χ0v) is 9.87. The number of phenolic OH excluding ortho intramolecular Hbond substituents is 1. The Morgan fingerprint density at radius 2 is 1.95 bits per heavy atom. The molecule has 2 N–H and O–H groups in total. The monoisotopic (exact) mass is 271 g/mol. The lowest BCUT2D eigenvalue weighted by molar-refractivity contribution is -0.137. The number of rotatable bonds is 4. The van der Waals surface area contributed by atoms with Crippen LogP contribution in [0, 0.1) is 0 Å². The molecule has 1 aromatic heterocycles. The van der Waals surface area contributed by atoms with Crippen LogP contribution in [0.5, 0.6) is 5.75 Å². The van der Waals surface area contributed by atoms with Gasteiger partial charge in [-0.2, -0.15) is 13.2 Å². The fraction of sp³-hybridized carbons (Fsp3) is 0.231. The lowest BCUT2D eigenvalue weighted by Crippen LogP contribution is -2.13. The Balaban J connectivity index is 2.02. The molecule has 0 spiro atoms. The molecule has 1 aromatic carbocycles. The molecule has 0 aliphatic rings. The maximum atomic E-state index is 12.5. The van der Waals surface area contributed by atoms with Crippen molar-refractivity contribution in [3.8, 4) is 5.75 Å². The van der Waals surface area contributed by atoms with Crippen LogP contribution in [0.25, 0.3) is 0 Å². The number of aromatic hydroxyl groups is 1. The van der Waals surface area contributed by atoms with E-state index in [1.807, 2.05) is 0 Å². The summed E-state index contributed by atoms with van der Waals surface area (Å²) in [5.74, 6) is 0.292. The summed E-state index contributed by atoms with van der Waals surface area (Å²) in [5, 5.41) is 12.2. The summed E-state index contributed by atoms with van der Waals surface area (Å²) in [6.07, 6.45) is -2.94. The molecule has 1 heterocycles. The second kappa shape index (κ2) is 5.36. The number of hydrogen-bond donors (Lipinski definition) is 2. The Kier molecular flexibility index (Phi) is 3.80. The van der Waals surface area contributed by atoms with E-state index in [2.05, 4.69) is 5.32 Å². The summed E-state index contributed by atoms with van der Waals surface area (Å²) in [4.78, 5) is 0. The van der Waals surface area contributed by atoms with Crippen molar-refractivity contribution in [1.82, 2.24) is 5.32 Å².